The van der Waals surface area contributed by atoms with E-state index in [2.05, 4.69) is 35.9 Å². The standard InChI is InChI=1S/C17H35N3/c1-4-18-17-10-8-7-9-15(17)13-19-12-11-16(14-19)20(5-2)6-3/h15-18H,4-14H2,1-3H3. The molecule has 0 aromatic heterocycles. The van der Waals surface area contributed by atoms with Crippen molar-refractivity contribution >= 4 is 0 Å². The first-order valence-corrected chi connectivity index (χ1v) is 8.98. The number of rotatable bonds is 7. The minimum Gasteiger partial charge on any atom is -0.314 e. The van der Waals surface area contributed by atoms with E-state index < -0.39 is 0 Å². The van der Waals surface area contributed by atoms with Crippen molar-refractivity contribution in [3.05, 3.63) is 0 Å². The van der Waals surface area contributed by atoms with Crippen molar-refractivity contribution in [3.8, 4) is 0 Å². The first-order chi connectivity index (χ1) is 9.78. The molecule has 1 saturated heterocycles. The average molecular weight is 281 g/mol. The van der Waals surface area contributed by atoms with Crippen LogP contribution in [0.4, 0.5) is 0 Å². The molecule has 1 saturated carbocycles. The molecule has 1 heterocycles. The Balaban J connectivity index is 1.81. The second-order valence-corrected chi connectivity index (χ2v) is 6.63. The maximum absolute atomic E-state index is 3.73. The fourth-order valence-corrected chi connectivity index (χ4v) is 4.30. The molecule has 118 valence electrons. The van der Waals surface area contributed by atoms with Gasteiger partial charge in [0.1, 0.15) is 0 Å². The van der Waals surface area contributed by atoms with Gasteiger partial charge in [0.25, 0.3) is 0 Å². The summed E-state index contributed by atoms with van der Waals surface area (Å²) in [6.07, 6.45) is 7.08. The third-order valence-electron chi connectivity index (χ3n) is 5.44. The van der Waals surface area contributed by atoms with Crippen LogP contribution in [0, 0.1) is 5.92 Å². The van der Waals surface area contributed by atoms with Gasteiger partial charge in [0.05, 0.1) is 0 Å². The summed E-state index contributed by atoms with van der Waals surface area (Å²) < 4.78 is 0. The molecule has 3 heteroatoms. The van der Waals surface area contributed by atoms with E-state index in [1.807, 2.05) is 0 Å². The molecule has 2 rings (SSSR count). The molecule has 2 aliphatic rings. The first kappa shape index (κ1) is 16.3. The van der Waals surface area contributed by atoms with Crippen LogP contribution < -0.4 is 5.32 Å². The zero-order chi connectivity index (χ0) is 14.4. The molecule has 0 radical (unpaired) electrons. The summed E-state index contributed by atoms with van der Waals surface area (Å²) in [6.45, 7) is 14.3. The lowest BCUT2D eigenvalue weighted by Gasteiger charge is -2.35. The lowest BCUT2D eigenvalue weighted by atomic mass is 9.84. The highest BCUT2D eigenvalue weighted by Crippen LogP contribution is 2.27. The minimum atomic E-state index is 0.779. The molecule has 3 unspecified atom stereocenters. The molecule has 3 nitrogen and oxygen atoms in total. The van der Waals surface area contributed by atoms with Gasteiger partial charge in [0.2, 0.25) is 0 Å². The number of hydrogen-bond acceptors (Lipinski definition) is 3. The molecule has 0 spiro atoms. The zero-order valence-electron chi connectivity index (χ0n) is 13.9. The molecule has 1 N–H and O–H groups in total. The summed E-state index contributed by atoms with van der Waals surface area (Å²) in [6, 6.07) is 1.59. The van der Waals surface area contributed by atoms with E-state index >= 15 is 0 Å². The van der Waals surface area contributed by atoms with Crippen molar-refractivity contribution < 1.29 is 0 Å². The van der Waals surface area contributed by atoms with Gasteiger partial charge in [-0.3, -0.25) is 4.90 Å². The Bertz CT molecular complexity index is 263. The van der Waals surface area contributed by atoms with Crippen molar-refractivity contribution in [2.45, 2.75) is 65.0 Å². The summed E-state index contributed by atoms with van der Waals surface area (Å²) in [5, 5.41) is 3.73. The van der Waals surface area contributed by atoms with E-state index in [-0.39, 0.29) is 0 Å². The van der Waals surface area contributed by atoms with Gasteiger partial charge in [-0.15, -0.1) is 0 Å². The predicted octanol–water partition coefficient (Wildman–Crippen LogP) is 2.57. The molecular formula is C17H35N3. The molecule has 1 aliphatic heterocycles. The second-order valence-electron chi connectivity index (χ2n) is 6.63. The van der Waals surface area contributed by atoms with Gasteiger partial charge in [-0.05, 0) is 51.4 Å². The fourth-order valence-electron chi connectivity index (χ4n) is 4.30. The van der Waals surface area contributed by atoms with Crippen LogP contribution in [0.2, 0.25) is 0 Å². The Morgan fingerprint density at radius 1 is 1.05 bits per heavy atom. The average Bonchev–Trinajstić information content (AvgIpc) is 2.91. The quantitative estimate of drug-likeness (QED) is 0.774. The Kier molecular flexibility index (Phi) is 6.79. The topological polar surface area (TPSA) is 18.5 Å². The molecule has 0 aromatic rings. The lowest BCUT2D eigenvalue weighted by molar-refractivity contribution is 0.170. The van der Waals surface area contributed by atoms with E-state index in [4.69, 9.17) is 0 Å². The van der Waals surface area contributed by atoms with Gasteiger partial charge in [0.15, 0.2) is 0 Å². The molecule has 2 fully saturated rings. The number of likely N-dealkylation sites (N-methyl/N-ethyl adjacent to an activating group) is 1. The highest BCUT2D eigenvalue weighted by Gasteiger charge is 2.31. The van der Waals surface area contributed by atoms with Crippen LogP contribution in [0.1, 0.15) is 52.9 Å². The van der Waals surface area contributed by atoms with Crippen LogP contribution in [-0.2, 0) is 0 Å². The van der Waals surface area contributed by atoms with Gasteiger partial charge in [-0.1, -0.05) is 33.6 Å². The van der Waals surface area contributed by atoms with Crippen molar-refractivity contribution in [2.75, 3.05) is 39.3 Å². The monoisotopic (exact) mass is 281 g/mol. The predicted molar refractivity (Wildman–Crippen MR) is 87.2 cm³/mol. The molecule has 0 bridgehead atoms. The summed E-state index contributed by atoms with van der Waals surface area (Å²) >= 11 is 0. The van der Waals surface area contributed by atoms with Gasteiger partial charge in [-0.25, -0.2) is 0 Å². The van der Waals surface area contributed by atoms with E-state index in [9.17, 15) is 0 Å². The largest absolute Gasteiger partial charge is 0.314 e. The van der Waals surface area contributed by atoms with Crippen LogP contribution >= 0.6 is 0 Å². The van der Waals surface area contributed by atoms with Crippen LogP contribution in [0.25, 0.3) is 0 Å². The van der Waals surface area contributed by atoms with Crippen LogP contribution in [0.15, 0.2) is 0 Å². The van der Waals surface area contributed by atoms with Gasteiger partial charge >= 0.3 is 0 Å². The Labute approximate surface area is 126 Å². The van der Waals surface area contributed by atoms with Crippen LogP contribution in [-0.4, -0.2) is 61.2 Å². The van der Waals surface area contributed by atoms with Crippen LogP contribution in [0.5, 0.6) is 0 Å². The maximum Gasteiger partial charge on any atom is 0.0235 e. The number of nitrogens with zero attached hydrogens (tertiary/aromatic N) is 2. The second kappa shape index (κ2) is 8.35. The molecule has 3 atom stereocenters. The Morgan fingerprint density at radius 3 is 2.50 bits per heavy atom. The molecular weight excluding hydrogens is 246 g/mol. The molecule has 20 heavy (non-hydrogen) atoms. The van der Waals surface area contributed by atoms with Crippen molar-refractivity contribution in [3.63, 3.8) is 0 Å². The summed E-state index contributed by atoms with van der Waals surface area (Å²) in [5.41, 5.74) is 0. The van der Waals surface area contributed by atoms with Crippen molar-refractivity contribution in [2.24, 2.45) is 5.92 Å². The van der Waals surface area contributed by atoms with Gasteiger partial charge in [-0.2, -0.15) is 0 Å². The van der Waals surface area contributed by atoms with Crippen molar-refractivity contribution in [1.29, 1.82) is 0 Å². The Hall–Kier alpha value is -0.120. The maximum atomic E-state index is 3.73. The third kappa shape index (κ3) is 4.19. The molecule has 1 aliphatic carbocycles. The number of hydrogen-bond donors (Lipinski definition) is 1. The Morgan fingerprint density at radius 2 is 1.80 bits per heavy atom. The fraction of sp³-hybridized carbons (Fsp3) is 1.00. The van der Waals surface area contributed by atoms with E-state index in [1.165, 1.54) is 64.8 Å². The van der Waals surface area contributed by atoms with Gasteiger partial charge in [0, 0.05) is 25.2 Å². The number of likely N-dealkylation sites (tertiary alicyclic amines) is 1. The molecule has 0 aromatic carbocycles. The highest BCUT2D eigenvalue weighted by atomic mass is 15.2. The lowest BCUT2D eigenvalue weighted by Crippen LogP contribution is -2.44. The SMILES string of the molecule is CCNC1CCCCC1CN1CCC(N(CC)CC)C1. The highest BCUT2D eigenvalue weighted by molar-refractivity contribution is 4.88. The van der Waals surface area contributed by atoms with E-state index in [1.54, 1.807) is 0 Å². The first-order valence-electron chi connectivity index (χ1n) is 8.98. The zero-order valence-corrected chi connectivity index (χ0v) is 13.9. The normalized spacial score (nSPS) is 32.1. The third-order valence-corrected chi connectivity index (χ3v) is 5.44. The summed E-state index contributed by atoms with van der Waals surface area (Å²) in [5.74, 6) is 0.888. The molecule has 0 amide bonds. The summed E-state index contributed by atoms with van der Waals surface area (Å²) in [4.78, 5) is 5.38. The van der Waals surface area contributed by atoms with Crippen LogP contribution in [0.3, 0.4) is 0 Å². The smallest absolute Gasteiger partial charge is 0.0235 e. The van der Waals surface area contributed by atoms with Gasteiger partial charge < -0.3 is 10.2 Å². The van der Waals surface area contributed by atoms with E-state index in [0.29, 0.717) is 0 Å². The summed E-state index contributed by atoms with van der Waals surface area (Å²) in [7, 11) is 0. The number of nitrogens with one attached hydrogen (secondary N) is 1. The van der Waals surface area contributed by atoms with E-state index in [0.717, 1.165) is 24.5 Å². The minimum absolute atomic E-state index is 0.779. The van der Waals surface area contributed by atoms with Crippen molar-refractivity contribution in [1.82, 2.24) is 15.1 Å².